The van der Waals surface area contributed by atoms with Crippen LogP contribution >= 0.6 is 0 Å². The lowest BCUT2D eigenvalue weighted by Crippen LogP contribution is -2.54. The first-order valence-corrected chi connectivity index (χ1v) is 8.64. The molecule has 6 nitrogen and oxygen atoms in total. The van der Waals surface area contributed by atoms with Crippen LogP contribution in [0.2, 0.25) is 0 Å². The summed E-state index contributed by atoms with van der Waals surface area (Å²) in [6.45, 7) is 3.24. The number of hydrogen-bond donors (Lipinski definition) is 1. The summed E-state index contributed by atoms with van der Waals surface area (Å²) in [5, 5.41) is 6.96. The van der Waals surface area contributed by atoms with E-state index >= 15 is 0 Å². The maximum Gasteiger partial charge on any atom is 0.233 e. The second-order valence-corrected chi connectivity index (χ2v) is 6.84. The molecule has 0 radical (unpaired) electrons. The van der Waals surface area contributed by atoms with Gasteiger partial charge in [0.1, 0.15) is 17.7 Å². The summed E-state index contributed by atoms with van der Waals surface area (Å²) in [6.07, 6.45) is 2.18. The predicted octanol–water partition coefficient (Wildman–Crippen LogP) is 2.27. The van der Waals surface area contributed by atoms with E-state index in [-0.39, 0.29) is 17.8 Å². The number of aromatic amines is 1. The quantitative estimate of drug-likeness (QED) is 0.927. The molecule has 0 unspecified atom stereocenters. The molecule has 2 heterocycles. The van der Waals surface area contributed by atoms with Gasteiger partial charge in [-0.3, -0.25) is 9.89 Å². The molecule has 0 spiro atoms. The minimum absolute atomic E-state index is 0.0601. The van der Waals surface area contributed by atoms with Crippen LogP contribution in [0, 0.1) is 12.7 Å². The molecule has 1 atom stereocenters. The van der Waals surface area contributed by atoms with E-state index in [1.165, 1.54) is 12.1 Å². The van der Waals surface area contributed by atoms with Crippen LogP contribution in [0.1, 0.15) is 42.6 Å². The average Bonchev–Trinajstić information content (AvgIpc) is 3.01. The number of benzene rings is 1. The summed E-state index contributed by atoms with van der Waals surface area (Å²) < 4.78 is 19.4. The van der Waals surface area contributed by atoms with Crippen LogP contribution in [0.15, 0.2) is 24.3 Å². The van der Waals surface area contributed by atoms with Gasteiger partial charge in [-0.15, -0.1) is 0 Å². The average molecular weight is 344 g/mol. The van der Waals surface area contributed by atoms with E-state index in [1.54, 1.807) is 6.07 Å². The van der Waals surface area contributed by atoms with Crippen molar-refractivity contribution >= 4 is 5.91 Å². The van der Waals surface area contributed by atoms with Crippen molar-refractivity contribution in [2.24, 2.45) is 0 Å². The third-order valence-corrected chi connectivity index (χ3v) is 5.25. The number of hydrogen-bond acceptors (Lipinski definition) is 4. The summed E-state index contributed by atoms with van der Waals surface area (Å²) in [4.78, 5) is 19.4. The van der Waals surface area contributed by atoms with Crippen molar-refractivity contribution in [3.05, 3.63) is 47.3 Å². The van der Waals surface area contributed by atoms with Gasteiger partial charge in [-0.05, 0) is 37.5 Å². The molecule has 7 heteroatoms. The monoisotopic (exact) mass is 344 g/mol. The molecule has 132 valence electrons. The zero-order valence-corrected chi connectivity index (χ0v) is 14.2. The molecular weight excluding hydrogens is 323 g/mol. The Morgan fingerprint density at radius 1 is 1.44 bits per heavy atom. The minimum Gasteiger partial charge on any atom is -0.366 e. The number of rotatable bonds is 3. The molecule has 1 N–H and O–H groups in total. The highest BCUT2D eigenvalue weighted by Crippen LogP contribution is 2.45. The third-order valence-electron chi connectivity index (χ3n) is 5.25. The summed E-state index contributed by atoms with van der Waals surface area (Å²) in [5.74, 6) is 1.05. The molecule has 4 rings (SSSR count). The van der Waals surface area contributed by atoms with Gasteiger partial charge in [0, 0.05) is 6.54 Å². The van der Waals surface area contributed by atoms with Crippen molar-refractivity contribution in [2.45, 2.75) is 37.7 Å². The summed E-state index contributed by atoms with van der Waals surface area (Å²) in [6, 6.07) is 6.44. The highest BCUT2D eigenvalue weighted by Gasteiger charge is 2.48. The van der Waals surface area contributed by atoms with Gasteiger partial charge in [0.2, 0.25) is 5.91 Å². The van der Waals surface area contributed by atoms with E-state index in [0.29, 0.717) is 25.5 Å². The number of nitrogens with one attached hydrogen (secondary N) is 1. The number of aryl methyl sites for hydroxylation is 1. The van der Waals surface area contributed by atoms with Gasteiger partial charge < -0.3 is 9.64 Å². The number of halogens is 1. The van der Waals surface area contributed by atoms with Crippen LogP contribution in [-0.4, -0.2) is 45.7 Å². The molecule has 2 aromatic rings. The van der Waals surface area contributed by atoms with Crippen molar-refractivity contribution < 1.29 is 13.9 Å². The van der Waals surface area contributed by atoms with Crippen LogP contribution < -0.4 is 0 Å². The Kier molecular flexibility index (Phi) is 4.03. The molecule has 1 aromatic carbocycles. The van der Waals surface area contributed by atoms with Crippen molar-refractivity contribution in [3.63, 3.8) is 0 Å². The lowest BCUT2D eigenvalue weighted by atomic mass is 9.63. The van der Waals surface area contributed by atoms with Gasteiger partial charge >= 0.3 is 0 Å². The van der Waals surface area contributed by atoms with Crippen LogP contribution in [-0.2, 0) is 14.9 Å². The van der Waals surface area contributed by atoms with Gasteiger partial charge in [0.05, 0.1) is 18.6 Å². The predicted molar refractivity (Wildman–Crippen MR) is 88.3 cm³/mol. The Bertz CT molecular complexity index is 787. The van der Waals surface area contributed by atoms with Crippen molar-refractivity contribution in [2.75, 3.05) is 19.7 Å². The number of aromatic nitrogens is 3. The highest BCUT2D eigenvalue weighted by molar-refractivity contribution is 5.89. The maximum atomic E-state index is 13.7. The molecule has 25 heavy (non-hydrogen) atoms. The molecule has 1 aliphatic carbocycles. The van der Waals surface area contributed by atoms with Crippen LogP contribution in [0.4, 0.5) is 4.39 Å². The SMILES string of the molecule is Cc1nc([C@@H]2CN(C(=O)C3(c4cccc(F)c4)CCC3)CCO2)n[nH]1. The number of carbonyl (C=O) groups excluding carboxylic acids is 1. The molecule has 2 fully saturated rings. The van der Waals surface area contributed by atoms with E-state index in [2.05, 4.69) is 15.2 Å². The Labute approximate surface area is 145 Å². The summed E-state index contributed by atoms with van der Waals surface area (Å²) in [5.41, 5.74) is 0.180. The standard InChI is InChI=1S/C18H21FN4O2/c1-12-20-16(22-21-12)15-11-23(8-9-25-15)17(24)18(6-3-7-18)13-4-2-5-14(19)10-13/h2,4-5,10,15H,3,6-9,11H2,1H3,(H,20,21,22)/t15-/m0/s1. The first kappa shape index (κ1) is 16.2. The third kappa shape index (κ3) is 2.82. The molecule has 1 saturated carbocycles. The van der Waals surface area contributed by atoms with E-state index in [1.807, 2.05) is 17.9 Å². The van der Waals surface area contributed by atoms with Crippen molar-refractivity contribution in [1.29, 1.82) is 0 Å². The molecular formula is C18H21FN4O2. The molecule has 1 saturated heterocycles. The number of morpholine rings is 1. The Morgan fingerprint density at radius 2 is 2.28 bits per heavy atom. The zero-order chi connectivity index (χ0) is 17.4. The van der Waals surface area contributed by atoms with Gasteiger partial charge in [-0.25, -0.2) is 9.37 Å². The Morgan fingerprint density at radius 3 is 2.92 bits per heavy atom. The van der Waals surface area contributed by atoms with Gasteiger partial charge in [0.15, 0.2) is 5.82 Å². The first-order chi connectivity index (χ1) is 12.1. The number of amides is 1. The maximum absolute atomic E-state index is 13.7. The van der Waals surface area contributed by atoms with Crippen LogP contribution in [0.5, 0.6) is 0 Å². The molecule has 1 aliphatic heterocycles. The second-order valence-electron chi connectivity index (χ2n) is 6.84. The highest BCUT2D eigenvalue weighted by atomic mass is 19.1. The topological polar surface area (TPSA) is 71.1 Å². The number of nitrogens with zero attached hydrogens (tertiary/aromatic N) is 3. The zero-order valence-electron chi connectivity index (χ0n) is 14.2. The Balaban J connectivity index is 1.56. The van der Waals surface area contributed by atoms with E-state index in [4.69, 9.17) is 4.74 Å². The van der Waals surface area contributed by atoms with Crippen LogP contribution in [0.25, 0.3) is 0 Å². The van der Waals surface area contributed by atoms with Crippen molar-refractivity contribution in [1.82, 2.24) is 20.1 Å². The Hall–Kier alpha value is -2.28. The molecule has 1 amide bonds. The van der Waals surface area contributed by atoms with E-state index < -0.39 is 5.41 Å². The fourth-order valence-electron chi connectivity index (χ4n) is 3.74. The number of ether oxygens (including phenoxy) is 1. The molecule has 0 bridgehead atoms. The first-order valence-electron chi connectivity index (χ1n) is 8.64. The smallest absolute Gasteiger partial charge is 0.233 e. The minimum atomic E-state index is -0.598. The lowest BCUT2D eigenvalue weighted by Gasteiger charge is -2.45. The summed E-state index contributed by atoms with van der Waals surface area (Å²) >= 11 is 0. The second kappa shape index (κ2) is 6.22. The number of H-pyrrole nitrogens is 1. The lowest BCUT2D eigenvalue weighted by molar-refractivity contribution is -0.149. The largest absolute Gasteiger partial charge is 0.366 e. The van der Waals surface area contributed by atoms with Crippen LogP contribution in [0.3, 0.4) is 0 Å². The van der Waals surface area contributed by atoms with E-state index in [0.717, 1.165) is 30.7 Å². The fourth-order valence-corrected chi connectivity index (χ4v) is 3.74. The number of carbonyl (C=O) groups is 1. The normalized spacial score (nSPS) is 22.5. The molecule has 2 aliphatic rings. The molecule has 1 aromatic heterocycles. The fraction of sp³-hybridized carbons (Fsp3) is 0.500. The summed E-state index contributed by atoms with van der Waals surface area (Å²) in [7, 11) is 0. The van der Waals surface area contributed by atoms with Crippen molar-refractivity contribution in [3.8, 4) is 0 Å². The van der Waals surface area contributed by atoms with Gasteiger partial charge in [-0.2, -0.15) is 5.10 Å². The van der Waals surface area contributed by atoms with E-state index in [9.17, 15) is 9.18 Å². The van der Waals surface area contributed by atoms with Gasteiger partial charge in [0.25, 0.3) is 0 Å². The van der Waals surface area contributed by atoms with Gasteiger partial charge in [-0.1, -0.05) is 18.6 Å².